The Labute approximate surface area is 172 Å². The van der Waals surface area contributed by atoms with Crippen molar-refractivity contribution in [3.63, 3.8) is 0 Å². The van der Waals surface area contributed by atoms with Gasteiger partial charge in [-0.25, -0.2) is 0 Å². The number of Topliss-reactive ketones (excluding diaryl/α,β-unsaturated/α-hetero) is 1. The smallest absolute Gasteiger partial charge is 0.227 e. The number of unbranched alkanes of at least 4 members (excludes halogenated alkanes) is 1. The Balaban J connectivity index is 1.11. The van der Waals surface area contributed by atoms with Crippen molar-refractivity contribution in [2.45, 2.75) is 57.4 Å². The van der Waals surface area contributed by atoms with Crippen LogP contribution >= 0.6 is 0 Å². The molecule has 150 valence electrons. The summed E-state index contributed by atoms with van der Waals surface area (Å²) in [7, 11) is 0. The van der Waals surface area contributed by atoms with Gasteiger partial charge in [0.15, 0.2) is 5.78 Å². The number of hydrogen-bond acceptors (Lipinski definition) is 3. The monoisotopic (exact) mass is 388 g/mol. The second-order valence-corrected chi connectivity index (χ2v) is 8.65. The zero-order chi connectivity index (χ0) is 19.8. The SMILES string of the molecule is O=C(CCCCNC1Cc2ccccc2C1)c1cc2c3c(c1)CCN3C(=O)CC2. The van der Waals surface area contributed by atoms with Gasteiger partial charge < -0.3 is 10.2 Å². The number of aryl methyl sites for hydroxylation is 1. The summed E-state index contributed by atoms with van der Waals surface area (Å²) in [5, 5.41) is 3.66. The summed E-state index contributed by atoms with van der Waals surface area (Å²) in [6.45, 7) is 1.74. The Morgan fingerprint density at radius 2 is 1.69 bits per heavy atom. The quantitative estimate of drug-likeness (QED) is 0.582. The third kappa shape index (κ3) is 3.62. The first-order valence-corrected chi connectivity index (χ1v) is 11.0. The topological polar surface area (TPSA) is 49.4 Å². The van der Waals surface area contributed by atoms with E-state index in [-0.39, 0.29) is 11.7 Å². The molecule has 0 radical (unpaired) electrons. The van der Waals surface area contributed by atoms with Crippen LogP contribution in [-0.2, 0) is 30.5 Å². The molecule has 0 saturated heterocycles. The average molecular weight is 389 g/mol. The van der Waals surface area contributed by atoms with E-state index in [0.29, 0.717) is 18.9 Å². The molecule has 3 aliphatic rings. The van der Waals surface area contributed by atoms with Crippen molar-refractivity contribution >= 4 is 17.4 Å². The highest BCUT2D eigenvalue weighted by atomic mass is 16.2. The van der Waals surface area contributed by atoms with E-state index in [9.17, 15) is 9.59 Å². The number of ketones is 1. The number of carbonyl (C=O) groups is 2. The third-order valence-corrected chi connectivity index (χ3v) is 6.69. The highest BCUT2D eigenvalue weighted by Crippen LogP contribution is 2.37. The lowest BCUT2D eigenvalue weighted by Crippen LogP contribution is -2.32. The summed E-state index contributed by atoms with van der Waals surface area (Å²) in [6.07, 6.45) is 7.00. The van der Waals surface area contributed by atoms with Crippen molar-refractivity contribution in [1.82, 2.24) is 5.32 Å². The van der Waals surface area contributed by atoms with E-state index in [0.717, 1.165) is 62.9 Å². The molecule has 1 aliphatic carbocycles. The van der Waals surface area contributed by atoms with Gasteiger partial charge in [-0.2, -0.15) is 0 Å². The zero-order valence-corrected chi connectivity index (χ0v) is 16.9. The van der Waals surface area contributed by atoms with Gasteiger partial charge >= 0.3 is 0 Å². The van der Waals surface area contributed by atoms with Crippen LogP contribution < -0.4 is 10.2 Å². The summed E-state index contributed by atoms with van der Waals surface area (Å²) >= 11 is 0. The van der Waals surface area contributed by atoms with Crippen LogP contribution in [-0.4, -0.2) is 30.8 Å². The van der Waals surface area contributed by atoms with Crippen molar-refractivity contribution in [2.75, 3.05) is 18.0 Å². The van der Waals surface area contributed by atoms with Crippen LogP contribution in [0.15, 0.2) is 36.4 Å². The van der Waals surface area contributed by atoms with Crippen LogP contribution in [0.2, 0.25) is 0 Å². The molecule has 4 nitrogen and oxygen atoms in total. The lowest BCUT2D eigenvalue weighted by Gasteiger charge is -2.25. The minimum Gasteiger partial charge on any atom is -0.313 e. The average Bonchev–Trinajstić information content (AvgIpc) is 3.35. The van der Waals surface area contributed by atoms with E-state index >= 15 is 0 Å². The van der Waals surface area contributed by atoms with E-state index in [1.54, 1.807) is 0 Å². The predicted molar refractivity (Wildman–Crippen MR) is 115 cm³/mol. The Morgan fingerprint density at radius 1 is 0.966 bits per heavy atom. The van der Waals surface area contributed by atoms with Crippen molar-refractivity contribution < 1.29 is 9.59 Å². The maximum absolute atomic E-state index is 12.7. The molecule has 0 atom stereocenters. The molecule has 2 heterocycles. The molecule has 0 bridgehead atoms. The number of nitrogens with zero attached hydrogens (tertiary/aromatic N) is 1. The van der Waals surface area contributed by atoms with E-state index < -0.39 is 0 Å². The van der Waals surface area contributed by atoms with Gasteiger partial charge in [-0.05, 0) is 79.5 Å². The second-order valence-electron chi connectivity index (χ2n) is 8.65. The molecule has 0 fully saturated rings. The predicted octanol–water partition coefficient (Wildman–Crippen LogP) is 3.63. The first kappa shape index (κ1) is 18.6. The molecule has 1 N–H and O–H groups in total. The first-order chi connectivity index (χ1) is 14.2. The molecule has 29 heavy (non-hydrogen) atoms. The first-order valence-electron chi connectivity index (χ1n) is 11.0. The molecular formula is C25H28N2O2. The fourth-order valence-corrected chi connectivity index (χ4v) is 5.18. The maximum atomic E-state index is 12.7. The van der Waals surface area contributed by atoms with Crippen molar-refractivity contribution in [2.24, 2.45) is 0 Å². The molecule has 0 saturated carbocycles. The standard InChI is InChI=1S/C25H28N2O2/c28-23(7-3-4-11-26-22-15-17-5-1-2-6-18(17)16-22)21-13-19-8-9-24(29)27-12-10-20(14-21)25(19)27/h1-2,5-6,13-14,22,26H,3-4,7-12,15-16H2. The van der Waals surface area contributed by atoms with E-state index in [1.165, 1.54) is 22.3 Å². The van der Waals surface area contributed by atoms with Crippen molar-refractivity contribution in [3.8, 4) is 0 Å². The Hall–Kier alpha value is -2.46. The summed E-state index contributed by atoms with van der Waals surface area (Å²) in [6, 6.07) is 13.3. The molecule has 5 rings (SSSR count). The largest absolute Gasteiger partial charge is 0.313 e. The van der Waals surface area contributed by atoms with Gasteiger partial charge in [0.2, 0.25) is 5.91 Å². The minimum absolute atomic E-state index is 0.230. The number of hydrogen-bond donors (Lipinski definition) is 1. The van der Waals surface area contributed by atoms with Crippen LogP contribution in [0.3, 0.4) is 0 Å². The van der Waals surface area contributed by atoms with Crippen LogP contribution in [0.5, 0.6) is 0 Å². The highest BCUT2D eigenvalue weighted by Gasteiger charge is 2.31. The van der Waals surface area contributed by atoms with Crippen LogP contribution in [0.4, 0.5) is 5.69 Å². The van der Waals surface area contributed by atoms with Gasteiger partial charge in [0.25, 0.3) is 0 Å². The molecule has 0 spiro atoms. The second kappa shape index (κ2) is 7.75. The number of amides is 1. The molecule has 2 aliphatic heterocycles. The highest BCUT2D eigenvalue weighted by molar-refractivity contribution is 6.02. The van der Waals surface area contributed by atoms with E-state index in [4.69, 9.17) is 0 Å². The number of carbonyl (C=O) groups excluding carboxylic acids is 2. The lowest BCUT2D eigenvalue weighted by molar-refractivity contribution is -0.118. The maximum Gasteiger partial charge on any atom is 0.227 e. The summed E-state index contributed by atoms with van der Waals surface area (Å²) in [5.41, 5.74) is 7.25. The van der Waals surface area contributed by atoms with Crippen LogP contribution in [0.25, 0.3) is 0 Å². The fourth-order valence-electron chi connectivity index (χ4n) is 5.18. The molecule has 0 aromatic heterocycles. The zero-order valence-electron chi connectivity index (χ0n) is 16.9. The number of rotatable bonds is 7. The Bertz CT molecular complexity index is 940. The van der Waals surface area contributed by atoms with Crippen molar-refractivity contribution in [3.05, 3.63) is 64.2 Å². The van der Waals surface area contributed by atoms with Crippen LogP contribution in [0.1, 0.15) is 58.3 Å². The molecule has 2 aromatic rings. The van der Waals surface area contributed by atoms with Crippen molar-refractivity contribution in [1.29, 1.82) is 0 Å². The number of nitrogens with one attached hydrogen (secondary N) is 1. The number of fused-ring (bicyclic) bond motifs is 1. The number of anilines is 1. The normalized spacial score (nSPS) is 17.5. The number of benzene rings is 2. The molecule has 1 amide bonds. The van der Waals surface area contributed by atoms with Gasteiger partial charge in [-0.15, -0.1) is 0 Å². The molecule has 0 unspecified atom stereocenters. The Morgan fingerprint density at radius 3 is 2.45 bits per heavy atom. The lowest BCUT2D eigenvalue weighted by atomic mass is 9.94. The van der Waals surface area contributed by atoms with E-state index in [2.05, 4.69) is 29.6 Å². The summed E-state index contributed by atoms with van der Waals surface area (Å²) < 4.78 is 0. The van der Waals surface area contributed by atoms with Gasteiger partial charge in [-0.3, -0.25) is 9.59 Å². The van der Waals surface area contributed by atoms with Gasteiger partial charge in [0, 0.05) is 31.0 Å². The van der Waals surface area contributed by atoms with Crippen LogP contribution in [0, 0.1) is 0 Å². The molecule has 2 aromatic carbocycles. The fraction of sp³-hybridized carbons (Fsp3) is 0.440. The minimum atomic E-state index is 0.230. The summed E-state index contributed by atoms with van der Waals surface area (Å²) in [5.74, 6) is 0.473. The molecule has 4 heteroatoms. The van der Waals surface area contributed by atoms with E-state index in [1.807, 2.05) is 17.0 Å². The van der Waals surface area contributed by atoms with Gasteiger partial charge in [-0.1, -0.05) is 24.3 Å². The summed E-state index contributed by atoms with van der Waals surface area (Å²) in [4.78, 5) is 26.7. The Kier molecular flexibility index (Phi) is 4.96. The van der Waals surface area contributed by atoms with Gasteiger partial charge in [0.1, 0.15) is 0 Å². The van der Waals surface area contributed by atoms with Gasteiger partial charge in [0.05, 0.1) is 5.69 Å². The third-order valence-electron chi connectivity index (χ3n) is 6.69. The molecular weight excluding hydrogens is 360 g/mol.